The van der Waals surface area contributed by atoms with E-state index in [2.05, 4.69) is 25.3 Å². The third kappa shape index (κ3) is 1.51. The van der Waals surface area contributed by atoms with E-state index in [0.717, 1.165) is 12.1 Å². The summed E-state index contributed by atoms with van der Waals surface area (Å²) >= 11 is 3.64. The van der Waals surface area contributed by atoms with Crippen LogP contribution >= 0.6 is 23.1 Å². The van der Waals surface area contributed by atoms with Crippen molar-refractivity contribution in [2.75, 3.05) is 12.0 Å². The topological polar surface area (TPSA) is 26.0 Å². The average Bonchev–Trinajstić information content (AvgIpc) is 2.60. The molecule has 0 aliphatic heterocycles. The van der Waals surface area contributed by atoms with Crippen molar-refractivity contribution in [3.63, 3.8) is 0 Å². The number of thioether (sulfide) groups is 1. The van der Waals surface area contributed by atoms with Crippen LogP contribution in [-0.4, -0.2) is 6.26 Å². The molecule has 14 heavy (non-hydrogen) atoms. The molecule has 0 radical (unpaired) electrons. The molecule has 0 aliphatic rings. The Hall–Kier alpha value is -0.670. The molecule has 2 rings (SSSR count). The van der Waals surface area contributed by atoms with Gasteiger partial charge in [0.15, 0.2) is 0 Å². The number of benzene rings is 1. The predicted octanol–water partition coefficient (Wildman–Crippen LogP) is 3.77. The van der Waals surface area contributed by atoms with Crippen LogP contribution in [0.5, 0.6) is 0 Å². The van der Waals surface area contributed by atoms with Gasteiger partial charge < -0.3 is 5.73 Å². The summed E-state index contributed by atoms with van der Waals surface area (Å²) in [6.07, 6.45) is 3.12. The number of hydrogen-bond acceptors (Lipinski definition) is 3. The molecule has 0 unspecified atom stereocenters. The molecule has 0 bridgehead atoms. The zero-order valence-electron chi connectivity index (χ0n) is 8.33. The van der Waals surface area contributed by atoms with Crippen LogP contribution in [0.3, 0.4) is 0 Å². The van der Waals surface area contributed by atoms with E-state index in [4.69, 9.17) is 5.73 Å². The van der Waals surface area contributed by atoms with E-state index in [-0.39, 0.29) is 0 Å². The summed E-state index contributed by atoms with van der Waals surface area (Å²) in [5.74, 6) is 0. The quantitative estimate of drug-likeness (QED) is 0.619. The fraction of sp³-hybridized carbons (Fsp3) is 0.273. The Morgan fingerprint density at radius 3 is 2.86 bits per heavy atom. The summed E-state index contributed by atoms with van der Waals surface area (Å²) in [4.78, 5) is 0. The highest BCUT2D eigenvalue weighted by atomic mass is 32.2. The van der Waals surface area contributed by atoms with Crippen LogP contribution in [-0.2, 0) is 6.42 Å². The molecule has 1 aromatic heterocycles. The lowest BCUT2D eigenvalue weighted by Crippen LogP contribution is -1.92. The number of thiophene rings is 1. The molecule has 1 aromatic carbocycles. The molecule has 1 nitrogen and oxygen atoms in total. The number of hydrogen-bond donors (Lipinski definition) is 1. The zero-order chi connectivity index (χ0) is 10.1. The maximum absolute atomic E-state index is 5.95. The van der Waals surface area contributed by atoms with E-state index < -0.39 is 0 Å². The number of anilines is 1. The van der Waals surface area contributed by atoms with Crippen LogP contribution in [0.25, 0.3) is 10.1 Å². The molecule has 0 amide bonds. The number of fused-ring (bicyclic) bond motifs is 1. The summed E-state index contributed by atoms with van der Waals surface area (Å²) in [5.41, 5.74) is 8.16. The second-order valence-electron chi connectivity index (χ2n) is 3.17. The first-order valence-electron chi connectivity index (χ1n) is 4.61. The summed E-state index contributed by atoms with van der Waals surface area (Å²) in [5, 5.41) is 1.34. The molecule has 0 fully saturated rings. The molecule has 0 saturated heterocycles. The third-order valence-electron chi connectivity index (χ3n) is 2.38. The number of nitrogen functional groups attached to an aromatic ring is 1. The van der Waals surface area contributed by atoms with Crippen molar-refractivity contribution in [3.8, 4) is 0 Å². The Bertz CT molecular complexity index is 460. The minimum atomic E-state index is 0.922. The van der Waals surface area contributed by atoms with Gasteiger partial charge in [0, 0.05) is 10.4 Å². The lowest BCUT2D eigenvalue weighted by molar-refractivity contribution is 1.16. The zero-order valence-corrected chi connectivity index (χ0v) is 9.97. The highest BCUT2D eigenvalue weighted by Gasteiger charge is 2.07. The highest BCUT2D eigenvalue weighted by molar-refractivity contribution is 8.00. The van der Waals surface area contributed by atoms with Crippen molar-refractivity contribution in [3.05, 3.63) is 23.8 Å². The average molecular weight is 223 g/mol. The van der Waals surface area contributed by atoms with Gasteiger partial charge in [0.1, 0.15) is 0 Å². The van der Waals surface area contributed by atoms with Gasteiger partial charge in [0.25, 0.3) is 0 Å². The highest BCUT2D eigenvalue weighted by Crippen LogP contribution is 2.35. The maximum atomic E-state index is 5.95. The fourth-order valence-electron chi connectivity index (χ4n) is 1.66. The largest absolute Gasteiger partial charge is 0.398 e. The Balaban J connectivity index is 2.73. The van der Waals surface area contributed by atoms with Crippen molar-refractivity contribution in [1.29, 1.82) is 0 Å². The predicted molar refractivity (Wildman–Crippen MR) is 67.4 cm³/mol. The third-order valence-corrected chi connectivity index (χ3v) is 4.55. The molecule has 3 heteroatoms. The summed E-state index contributed by atoms with van der Waals surface area (Å²) in [7, 11) is 0. The summed E-state index contributed by atoms with van der Waals surface area (Å²) < 4.78 is 2.71. The van der Waals surface area contributed by atoms with Crippen LogP contribution < -0.4 is 5.73 Å². The molecule has 0 spiro atoms. The van der Waals surface area contributed by atoms with Crippen molar-refractivity contribution in [2.24, 2.45) is 0 Å². The molecule has 0 aliphatic carbocycles. The van der Waals surface area contributed by atoms with Crippen molar-refractivity contribution >= 4 is 38.9 Å². The van der Waals surface area contributed by atoms with Crippen LogP contribution in [0.4, 0.5) is 5.69 Å². The molecule has 74 valence electrons. The van der Waals surface area contributed by atoms with Crippen LogP contribution in [0.2, 0.25) is 0 Å². The Morgan fingerprint density at radius 2 is 2.21 bits per heavy atom. The molecule has 0 atom stereocenters. The SMILES string of the molecule is CCc1c(N)ccc2sc(SC)cc12. The standard InChI is InChI=1S/C11H13NS2/c1-3-7-8-6-11(13-2)14-10(8)5-4-9(7)12/h4-6H,3,12H2,1-2H3. The molecule has 1 heterocycles. The number of rotatable bonds is 2. The molecular weight excluding hydrogens is 210 g/mol. The first-order valence-corrected chi connectivity index (χ1v) is 6.65. The molecule has 2 aromatic rings. The van der Waals surface area contributed by atoms with Crippen LogP contribution in [0, 0.1) is 0 Å². The lowest BCUT2D eigenvalue weighted by Gasteiger charge is -2.03. The minimum absolute atomic E-state index is 0.922. The lowest BCUT2D eigenvalue weighted by atomic mass is 10.1. The monoisotopic (exact) mass is 223 g/mol. The van der Waals surface area contributed by atoms with E-state index in [1.807, 2.05) is 17.4 Å². The van der Waals surface area contributed by atoms with Gasteiger partial charge in [-0.05, 0) is 41.8 Å². The summed E-state index contributed by atoms with van der Waals surface area (Å²) in [6, 6.07) is 6.38. The van der Waals surface area contributed by atoms with E-state index in [1.165, 1.54) is 19.9 Å². The van der Waals surface area contributed by atoms with Gasteiger partial charge in [-0.1, -0.05) is 6.92 Å². The first kappa shape index (κ1) is 9.87. The second-order valence-corrected chi connectivity index (χ2v) is 5.36. The second kappa shape index (κ2) is 3.83. The van der Waals surface area contributed by atoms with E-state index in [0.29, 0.717) is 0 Å². The van der Waals surface area contributed by atoms with Gasteiger partial charge >= 0.3 is 0 Å². The van der Waals surface area contributed by atoms with Crippen molar-refractivity contribution in [1.82, 2.24) is 0 Å². The smallest absolute Gasteiger partial charge is 0.0608 e. The normalized spacial score (nSPS) is 11.0. The number of aryl methyl sites for hydroxylation is 1. The van der Waals surface area contributed by atoms with Gasteiger partial charge in [-0.3, -0.25) is 0 Å². The Kier molecular flexibility index (Phi) is 2.70. The van der Waals surface area contributed by atoms with Crippen LogP contribution in [0.1, 0.15) is 12.5 Å². The van der Waals surface area contributed by atoms with Crippen molar-refractivity contribution < 1.29 is 0 Å². The Labute approximate surface area is 92.3 Å². The Morgan fingerprint density at radius 1 is 1.43 bits per heavy atom. The van der Waals surface area contributed by atoms with Gasteiger partial charge in [0.05, 0.1) is 4.21 Å². The molecular formula is C11H13NS2. The van der Waals surface area contributed by atoms with E-state index >= 15 is 0 Å². The molecule has 0 saturated carbocycles. The summed E-state index contributed by atoms with van der Waals surface area (Å²) in [6.45, 7) is 2.15. The van der Waals surface area contributed by atoms with E-state index in [9.17, 15) is 0 Å². The maximum Gasteiger partial charge on any atom is 0.0608 e. The van der Waals surface area contributed by atoms with Gasteiger partial charge in [-0.25, -0.2) is 0 Å². The van der Waals surface area contributed by atoms with Crippen molar-refractivity contribution in [2.45, 2.75) is 17.6 Å². The first-order chi connectivity index (χ1) is 6.76. The van der Waals surface area contributed by atoms with Gasteiger partial charge in [-0.15, -0.1) is 23.1 Å². The number of nitrogens with two attached hydrogens (primary N) is 1. The minimum Gasteiger partial charge on any atom is -0.398 e. The van der Waals surface area contributed by atoms with Gasteiger partial charge in [-0.2, -0.15) is 0 Å². The van der Waals surface area contributed by atoms with Gasteiger partial charge in [0.2, 0.25) is 0 Å². The van der Waals surface area contributed by atoms with Crippen LogP contribution in [0.15, 0.2) is 22.4 Å². The molecule has 2 N–H and O–H groups in total. The van der Waals surface area contributed by atoms with E-state index in [1.54, 1.807) is 11.8 Å². The fourth-order valence-corrected chi connectivity index (χ4v) is 3.32.